The highest BCUT2D eigenvalue weighted by molar-refractivity contribution is 5.92. The van der Waals surface area contributed by atoms with E-state index in [-0.39, 0.29) is 30.0 Å². The van der Waals surface area contributed by atoms with Crippen LogP contribution in [0, 0.1) is 17.7 Å². The molecule has 0 radical (unpaired) electrons. The summed E-state index contributed by atoms with van der Waals surface area (Å²) in [5.74, 6) is -1.86. The molecule has 114 valence electrons. The summed E-state index contributed by atoms with van der Waals surface area (Å²) in [7, 11) is 0. The van der Waals surface area contributed by atoms with Gasteiger partial charge in [-0.25, -0.2) is 4.39 Å². The molecule has 0 spiro atoms. The van der Waals surface area contributed by atoms with Gasteiger partial charge in [0.1, 0.15) is 5.82 Å². The van der Waals surface area contributed by atoms with E-state index in [1.807, 2.05) is 0 Å². The first kappa shape index (κ1) is 15.4. The third-order valence-electron chi connectivity index (χ3n) is 3.82. The van der Waals surface area contributed by atoms with Crippen molar-refractivity contribution >= 4 is 17.6 Å². The third-order valence-corrected chi connectivity index (χ3v) is 3.82. The van der Waals surface area contributed by atoms with E-state index >= 15 is 0 Å². The quantitative estimate of drug-likeness (QED) is 0.748. The predicted molar refractivity (Wildman–Crippen MR) is 76.4 cm³/mol. The lowest BCUT2D eigenvalue weighted by molar-refractivity contribution is -0.142. The highest BCUT2D eigenvalue weighted by Crippen LogP contribution is 2.31. The first-order valence-corrected chi connectivity index (χ1v) is 7.06. The fourth-order valence-electron chi connectivity index (χ4n) is 2.73. The average Bonchev–Trinajstić information content (AvgIpc) is 2.90. The highest BCUT2D eigenvalue weighted by Gasteiger charge is 2.32. The summed E-state index contributed by atoms with van der Waals surface area (Å²) in [5, 5.41) is 14.5. The summed E-state index contributed by atoms with van der Waals surface area (Å²) in [6.45, 7) is 0.527. The van der Waals surface area contributed by atoms with Crippen LogP contribution in [-0.2, 0) is 9.59 Å². The Morgan fingerprint density at radius 1 is 1.29 bits per heavy atom. The molecule has 3 N–H and O–H groups in total. The summed E-state index contributed by atoms with van der Waals surface area (Å²) in [4.78, 5) is 22.7. The van der Waals surface area contributed by atoms with E-state index in [1.54, 1.807) is 12.1 Å². The minimum absolute atomic E-state index is 0.0389. The Morgan fingerprint density at radius 2 is 2.05 bits per heavy atom. The van der Waals surface area contributed by atoms with Gasteiger partial charge in [-0.3, -0.25) is 9.59 Å². The Balaban J connectivity index is 1.75. The van der Waals surface area contributed by atoms with Crippen LogP contribution in [0.4, 0.5) is 10.1 Å². The molecular weight excluding hydrogens is 275 g/mol. The van der Waals surface area contributed by atoms with Gasteiger partial charge in [-0.1, -0.05) is 18.6 Å². The summed E-state index contributed by atoms with van der Waals surface area (Å²) >= 11 is 0. The van der Waals surface area contributed by atoms with E-state index in [2.05, 4.69) is 10.6 Å². The third kappa shape index (κ3) is 4.26. The van der Waals surface area contributed by atoms with E-state index in [9.17, 15) is 14.0 Å². The number of halogens is 1. The average molecular weight is 294 g/mol. The molecule has 0 heterocycles. The molecule has 0 saturated heterocycles. The number of aliphatic carboxylic acids is 1. The van der Waals surface area contributed by atoms with Gasteiger partial charge in [-0.05, 0) is 37.4 Å². The van der Waals surface area contributed by atoms with Crippen LogP contribution in [0.2, 0.25) is 0 Å². The van der Waals surface area contributed by atoms with Crippen molar-refractivity contribution in [3.63, 3.8) is 0 Å². The van der Waals surface area contributed by atoms with Gasteiger partial charge in [0, 0.05) is 0 Å². The van der Waals surface area contributed by atoms with Crippen molar-refractivity contribution in [3.8, 4) is 0 Å². The standard InChI is InChI=1S/C15H19FN2O3/c16-12-6-1-2-7-13(12)18-14(19)9-17-8-10-4-3-5-11(10)15(20)21/h1-2,6-7,10-11,17H,3-5,8-9H2,(H,18,19)(H,20,21). The van der Waals surface area contributed by atoms with E-state index in [4.69, 9.17) is 5.11 Å². The number of benzene rings is 1. The van der Waals surface area contributed by atoms with Crippen LogP contribution in [0.15, 0.2) is 24.3 Å². The molecule has 1 amide bonds. The minimum atomic E-state index is -0.768. The number of carboxylic acid groups (broad SMARTS) is 1. The van der Waals surface area contributed by atoms with Gasteiger partial charge in [0.25, 0.3) is 0 Å². The van der Waals surface area contributed by atoms with Gasteiger partial charge in [-0.15, -0.1) is 0 Å². The van der Waals surface area contributed by atoms with Crippen LogP contribution in [0.3, 0.4) is 0 Å². The Kier molecular flexibility index (Phi) is 5.27. The molecule has 2 rings (SSSR count). The number of carbonyl (C=O) groups is 2. The van der Waals surface area contributed by atoms with Crippen molar-refractivity contribution in [2.75, 3.05) is 18.4 Å². The summed E-state index contributed by atoms with van der Waals surface area (Å²) in [5.41, 5.74) is 0.147. The number of hydrogen-bond acceptors (Lipinski definition) is 3. The van der Waals surface area contributed by atoms with E-state index < -0.39 is 11.8 Å². The zero-order valence-corrected chi connectivity index (χ0v) is 11.6. The lowest BCUT2D eigenvalue weighted by Crippen LogP contribution is -2.34. The fourth-order valence-corrected chi connectivity index (χ4v) is 2.73. The Bertz CT molecular complexity index is 521. The molecule has 21 heavy (non-hydrogen) atoms. The first-order chi connectivity index (χ1) is 10.1. The van der Waals surface area contributed by atoms with E-state index in [0.29, 0.717) is 13.0 Å². The number of carboxylic acids is 1. The Hall–Kier alpha value is -1.95. The van der Waals surface area contributed by atoms with Crippen LogP contribution in [0.25, 0.3) is 0 Å². The molecule has 1 aliphatic carbocycles. The van der Waals surface area contributed by atoms with Crippen LogP contribution < -0.4 is 10.6 Å². The van der Waals surface area contributed by atoms with Gasteiger partial charge in [0.2, 0.25) is 5.91 Å². The molecule has 0 bridgehead atoms. The number of anilines is 1. The zero-order valence-electron chi connectivity index (χ0n) is 11.6. The second-order valence-electron chi connectivity index (χ2n) is 5.29. The molecular formula is C15H19FN2O3. The van der Waals surface area contributed by atoms with Crippen LogP contribution in [-0.4, -0.2) is 30.1 Å². The van der Waals surface area contributed by atoms with Crippen molar-refractivity contribution in [2.45, 2.75) is 19.3 Å². The van der Waals surface area contributed by atoms with Crippen molar-refractivity contribution in [2.24, 2.45) is 11.8 Å². The number of amides is 1. The predicted octanol–water partition coefficient (Wildman–Crippen LogP) is 1.85. The van der Waals surface area contributed by atoms with E-state index in [0.717, 1.165) is 12.8 Å². The molecule has 1 saturated carbocycles. The van der Waals surface area contributed by atoms with Gasteiger partial charge in [0.15, 0.2) is 0 Å². The van der Waals surface area contributed by atoms with Gasteiger partial charge >= 0.3 is 5.97 Å². The van der Waals surface area contributed by atoms with Crippen molar-refractivity contribution in [1.82, 2.24) is 5.32 Å². The molecule has 2 atom stereocenters. The Labute approximate surface area is 122 Å². The fraction of sp³-hybridized carbons (Fsp3) is 0.467. The SMILES string of the molecule is O=C(CNCC1CCCC1C(=O)O)Nc1ccccc1F. The van der Waals surface area contributed by atoms with E-state index in [1.165, 1.54) is 12.1 Å². The minimum Gasteiger partial charge on any atom is -0.481 e. The number of para-hydroxylation sites is 1. The summed E-state index contributed by atoms with van der Waals surface area (Å²) < 4.78 is 13.4. The maximum atomic E-state index is 13.4. The topological polar surface area (TPSA) is 78.4 Å². The summed E-state index contributed by atoms with van der Waals surface area (Å²) in [6.07, 6.45) is 2.47. The van der Waals surface area contributed by atoms with Crippen LogP contribution in [0.1, 0.15) is 19.3 Å². The molecule has 1 fully saturated rings. The monoisotopic (exact) mass is 294 g/mol. The summed E-state index contributed by atoms with van der Waals surface area (Å²) in [6, 6.07) is 5.96. The molecule has 1 aromatic carbocycles. The molecule has 0 aromatic heterocycles. The molecule has 1 aliphatic rings. The van der Waals surface area contributed by atoms with Gasteiger partial charge in [-0.2, -0.15) is 0 Å². The molecule has 5 nitrogen and oxygen atoms in total. The number of rotatable bonds is 6. The van der Waals surface area contributed by atoms with Gasteiger partial charge in [0.05, 0.1) is 18.2 Å². The lowest BCUT2D eigenvalue weighted by Gasteiger charge is -2.16. The second-order valence-corrected chi connectivity index (χ2v) is 5.29. The second kappa shape index (κ2) is 7.17. The molecule has 2 unspecified atom stereocenters. The number of hydrogen-bond donors (Lipinski definition) is 3. The molecule has 6 heteroatoms. The highest BCUT2D eigenvalue weighted by atomic mass is 19.1. The number of carbonyl (C=O) groups excluding carboxylic acids is 1. The molecule has 1 aromatic rings. The largest absolute Gasteiger partial charge is 0.481 e. The molecule has 0 aliphatic heterocycles. The zero-order chi connectivity index (χ0) is 15.2. The Morgan fingerprint density at radius 3 is 2.76 bits per heavy atom. The van der Waals surface area contributed by atoms with Crippen LogP contribution >= 0.6 is 0 Å². The first-order valence-electron chi connectivity index (χ1n) is 7.06. The normalized spacial score (nSPS) is 21.2. The van der Waals surface area contributed by atoms with Crippen molar-refractivity contribution in [1.29, 1.82) is 0 Å². The lowest BCUT2D eigenvalue weighted by atomic mass is 9.96. The maximum Gasteiger partial charge on any atom is 0.306 e. The van der Waals surface area contributed by atoms with Crippen LogP contribution in [0.5, 0.6) is 0 Å². The number of nitrogens with one attached hydrogen (secondary N) is 2. The van der Waals surface area contributed by atoms with Crippen molar-refractivity contribution in [3.05, 3.63) is 30.1 Å². The van der Waals surface area contributed by atoms with Crippen molar-refractivity contribution < 1.29 is 19.1 Å². The smallest absolute Gasteiger partial charge is 0.306 e. The maximum absolute atomic E-state index is 13.4. The van der Waals surface area contributed by atoms with Gasteiger partial charge < -0.3 is 15.7 Å².